The van der Waals surface area contributed by atoms with Gasteiger partial charge in [-0.1, -0.05) is 20.8 Å². The number of pyridine rings is 1. The smallest absolute Gasteiger partial charge is 0.420 e. The van der Waals surface area contributed by atoms with Crippen LogP contribution >= 0.6 is 12.2 Å². The third-order valence-corrected chi connectivity index (χ3v) is 9.27. The molecule has 1 aromatic heterocycles. The van der Waals surface area contributed by atoms with Gasteiger partial charge in [-0.3, -0.25) is 9.59 Å². The van der Waals surface area contributed by atoms with Gasteiger partial charge in [0.2, 0.25) is 11.8 Å². The molecule has 1 aliphatic rings. The molecule has 2 heterocycles. The number of aldehydes is 1. The van der Waals surface area contributed by atoms with Gasteiger partial charge in [0.15, 0.2) is 16.7 Å². The van der Waals surface area contributed by atoms with Gasteiger partial charge in [-0.25, -0.2) is 13.8 Å². The molecule has 2 aromatic rings. The normalized spacial score (nSPS) is 15.3. The minimum absolute atomic E-state index is 0.00537. The fraction of sp³-hybridized carbons (Fsp3) is 0.568. The highest BCUT2D eigenvalue weighted by molar-refractivity contribution is 7.80. The standard InChI is InChI=1S/C37H47F5N6O6S/c1-23-10-8-13-47(23)33(51)31(35(2,3)4)45-28(50)21-53-17-16-52-14-9-15-54-32-26(38)18-25(20-44-32)48(36(5,6)22-49)34(55)46(7)27-12-11-24(19-43)29(30(27)39)37(40,41)42/h11-12,18,20,22-23,31H,8-10,13-17,21H2,1-7H3,(H,45,50). The third kappa shape index (κ3) is 11.5. The van der Waals surface area contributed by atoms with Crippen LogP contribution in [0.2, 0.25) is 0 Å². The molecule has 1 N–H and O–H groups in total. The predicted molar refractivity (Wildman–Crippen MR) is 197 cm³/mol. The zero-order valence-electron chi connectivity index (χ0n) is 31.9. The van der Waals surface area contributed by atoms with E-state index in [9.17, 15) is 27.6 Å². The van der Waals surface area contributed by atoms with E-state index in [-0.39, 0.29) is 61.7 Å². The molecule has 2 atom stereocenters. The van der Waals surface area contributed by atoms with Crippen LogP contribution in [0.3, 0.4) is 0 Å². The fourth-order valence-electron chi connectivity index (χ4n) is 5.83. The molecule has 0 radical (unpaired) electrons. The van der Waals surface area contributed by atoms with Crippen LogP contribution in [-0.2, 0) is 30.0 Å². The van der Waals surface area contributed by atoms with Crippen LogP contribution in [0.25, 0.3) is 0 Å². The van der Waals surface area contributed by atoms with Crippen molar-refractivity contribution in [1.29, 1.82) is 5.26 Å². The molecule has 1 aliphatic heterocycles. The van der Waals surface area contributed by atoms with Crippen molar-refractivity contribution in [3.8, 4) is 11.9 Å². The first kappa shape index (κ1) is 44.9. The van der Waals surface area contributed by atoms with Crippen LogP contribution in [0.15, 0.2) is 24.4 Å². The number of anilines is 2. The van der Waals surface area contributed by atoms with Crippen molar-refractivity contribution in [2.24, 2.45) is 5.41 Å². The first-order valence-electron chi connectivity index (χ1n) is 17.5. The van der Waals surface area contributed by atoms with E-state index in [4.69, 9.17) is 31.7 Å². The average Bonchev–Trinajstić information content (AvgIpc) is 3.54. The van der Waals surface area contributed by atoms with Gasteiger partial charge in [0.1, 0.15) is 24.5 Å². The summed E-state index contributed by atoms with van der Waals surface area (Å²) in [4.78, 5) is 45.5. The Morgan fingerprint density at radius 1 is 1.13 bits per heavy atom. The van der Waals surface area contributed by atoms with Crippen molar-refractivity contribution in [1.82, 2.24) is 15.2 Å². The topological polar surface area (TPSA) is 137 Å². The molecule has 3 rings (SSSR count). The van der Waals surface area contributed by atoms with Crippen LogP contribution in [0, 0.1) is 28.4 Å². The van der Waals surface area contributed by atoms with Gasteiger partial charge in [-0.2, -0.15) is 18.4 Å². The minimum Gasteiger partial charge on any atom is -0.476 e. The molecular weight excluding hydrogens is 752 g/mol. The summed E-state index contributed by atoms with van der Waals surface area (Å²) in [6.07, 6.45) is -1.41. The summed E-state index contributed by atoms with van der Waals surface area (Å²) in [7, 11) is 1.16. The summed E-state index contributed by atoms with van der Waals surface area (Å²) in [5, 5.41) is 11.5. The summed E-state index contributed by atoms with van der Waals surface area (Å²) in [5.41, 5.74) is -5.43. The van der Waals surface area contributed by atoms with Crippen molar-refractivity contribution in [2.75, 3.05) is 56.4 Å². The molecule has 0 saturated carbocycles. The molecule has 0 aliphatic carbocycles. The summed E-state index contributed by atoms with van der Waals surface area (Å²) in [5.74, 6) is -3.61. The summed E-state index contributed by atoms with van der Waals surface area (Å²) >= 11 is 5.46. The molecule has 18 heteroatoms. The van der Waals surface area contributed by atoms with E-state index >= 15 is 8.78 Å². The Morgan fingerprint density at radius 2 is 1.80 bits per heavy atom. The number of alkyl halides is 3. The molecular formula is C37H47F5N6O6S. The van der Waals surface area contributed by atoms with Crippen molar-refractivity contribution >= 4 is 46.8 Å². The Labute approximate surface area is 322 Å². The number of aromatic nitrogens is 1. The van der Waals surface area contributed by atoms with E-state index in [1.54, 1.807) is 0 Å². The lowest BCUT2D eigenvalue weighted by Gasteiger charge is -2.39. The first-order chi connectivity index (χ1) is 25.6. The second-order valence-electron chi connectivity index (χ2n) is 14.6. The maximum atomic E-state index is 15.2. The molecule has 2 amide bonds. The fourth-order valence-corrected chi connectivity index (χ4v) is 6.27. The number of nitrogens with one attached hydrogen (secondary N) is 1. The van der Waals surface area contributed by atoms with Gasteiger partial charge in [0, 0.05) is 38.7 Å². The molecule has 1 aromatic carbocycles. The number of hydrogen-bond donors (Lipinski definition) is 1. The number of rotatable bonds is 16. The molecule has 0 bridgehead atoms. The number of thiocarbonyl (C=S) groups is 1. The number of nitrogens with zero attached hydrogens (tertiary/aromatic N) is 5. The molecule has 0 spiro atoms. The molecule has 302 valence electrons. The number of likely N-dealkylation sites (tertiary alicyclic amines) is 1. The maximum absolute atomic E-state index is 15.2. The second-order valence-corrected chi connectivity index (χ2v) is 15.0. The van der Waals surface area contributed by atoms with E-state index < -0.39 is 57.5 Å². The van der Waals surface area contributed by atoms with E-state index in [1.165, 1.54) is 19.9 Å². The van der Waals surface area contributed by atoms with Gasteiger partial charge >= 0.3 is 6.18 Å². The lowest BCUT2D eigenvalue weighted by molar-refractivity contribution is -0.141. The number of carbonyl (C=O) groups is 3. The van der Waals surface area contributed by atoms with Crippen molar-refractivity contribution < 1.29 is 50.5 Å². The van der Waals surface area contributed by atoms with Crippen LogP contribution in [-0.4, -0.2) is 97.3 Å². The summed E-state index contributed by atoms with van der Waals surface area (Å²) in [6.45, 7) is 11.3. The quantitative estimate of drug-likeness (QED) is 0.0956. The monoisotopic (exact) mass is 798 g/mol. The lowest BCUT2D eigenvalue weighted by Crippen LogP contribution is -2.56. The molecule has 1 fully saturated rings. The summed E-state index contributed by atoms with van der Waals surface area (Å²) in [6, 6.07) is 3.45. The maximum Gasteiger partial charge on any atom is 0.420 e. The van der Waals surface area contributed by atoms with Crippen molar-refractivity contribution in [2.45, 2.75) is 84.6 Å². The van der Waals surface area contributed by atoms with Crippen LogP contribution < -0.4 is 19.9 Å². The predicted octanol–water partition coefficient (Wildman–Crippen LogP) is 5.80. The van der Waals surface area contributed by atoms with Gasteiger partial charge in [-0.15, -0.1) is 0 Å². The first-order valence-corrected chi connectivity index (χ1v) is 17.9. The average molecular weight is 799 g/mol. The highest BCUT2D eigenvalue weighted by atomic mass is 32.1. The zero-order chi connectivity index (χ0) is 41.3. The summed E-state index contributed by atoms with van der Waals surface area (Å²) < 4.78 is 87.7. The number of ether oxygens (including phenoxy) is 3. The Morgan fingerprint density at radius 3 is 2.36 bits per heavy atom. The van der Waals surface area contributed by atoms with Gasteiger partial charge in [0.05, 0.1) is 54.6 Å². The molecule has 2 unspecified atom stereocenters. The highest BCUT2D eigenvalue weighted by Gasteiger charge is 2.41. The lowest BCUT2D eigenvalue weighted by atomic mass is 9.85. The highest BCUT2D eigenvalue weighted by Crippen LogP contribution is 2.38. The number of nitriles is 1. The van der Waals surface area contributed by atoms with Crippen LogP contribution in [0.1, 0.15) is 71.9 Å². The molecule has 1 saturated heterocycles. The Kier molecular flexibility index (Phi) is 15.4. The van der Waals surface area contributed by atoms with E-state index in [1.807, 2.05) is 32.6 Å². The zero-order valence-corrected chi connectivity index (χ0v) is 32.7. The van der Waals surface area contributed by atoms with Crippen molar-refractivity contribution in [3.05, 3.63) is 47.2 Å². The number of carbonyl (C=O) groups excluding carboxylic acids is 3. The SMILES string of the molecule is CC1CCCN1C(=O)C(NC(=O)COCCOCCCOc1ncc(N(C(=S)N(C)c2ccc(C#N)c(C(F)(F)F)c2F)C(C)(C)C=O)cc1F)C(C)(C)C. The Hall–Kier alpha value is -4.47. The third-order valence-electron chi connectivity index (χ3n) is 8.81. The Balaban J connectivity index is 1.52. The van der Waals surface area contributed by atoms with Crippen molar-refractivity contribution in [3.63, 3.8) is 0 Å². The number of amides is 2. The molecule has 12 nitrogen and oxygen atoms in total. The van der Waals surface area contributed by atoms with Crippen LogP contribution in [0.4, 0.5) is 33.3 Å². The second kappa shape index (κ2) is 18.9. The van der Waals surface area contributed by atoms with Crippen LogP contribution in [0.5, 0.6) is 5.88 Å². The van der Waals surface area contributed by atoms with Gasteiger partial charge in [-0.05, 0) is 63.4 Å². The number of hydrogen-bond acceptors (Lipinski definition) is 9. The largest absolute Gasteiger partial charge is 0.476 e. The Bertz CT molecular complexity index is 1750. The van der Waals surface area contributed by atoms with E-state index in [0.29, 0.717) is 19.3 Å². The minimum atomic E-state index is -5.19. The van der Waals surface area contributed by atoms with Gasteiger partial charge < -0.3 is 39.0 Å². The van der Waals surface area contributed by atoms with E-state index in [0.717, 1.165) is 54.1 Å². The number of halogens is 5. The van der Waals surface area contributed by atoms with Gasteiger partial charge in [0.25, 0.3) is 5.88 Å². The molecule has 55 heavy (non-hydrogen) atoms. The number of benzene rings is 1. The van der Waals surface area contributed by atoms with E-state index in [2.05, 4.69) is 10.3 Å².